The third kappa shape index (κ3) is 4.25. The van der Waals surface area contributed by atoms with E-state index in [1.54, 1.807) is 24.3 Å². The summed E-state index contributed by atoms with van der Waals surface area (Å²) in [5.74, 6) is 0.979. The maximum atomic E-state index is 12.7. The molecule has 0 unspecified atom stereocenters. The molecule has 6 heteroatoms. The molecule has 0 aliphatic carbocycles. The lowest BCUT2D eigenvalue weighted by Gasteiger charge is -2.12. The topological polar surface area (TPSA) is 56.1 Å². The van der Waals surface area contributed by atoms with E-state index in [4.69, 9.17) is 16.3 Å². The van der Waals surface area contributed by atoms with Crippen LogP contribution in [-0.2, 0) is 6.54 Å². The number of carbonyl (C=O) groups excluding carboxylic acids is 1. The maximum absolute atomic E-state index is 12.7. The first-order valence-corrected chi connectivity index (χ1v) is 9.70. The molecule has 4 aromatic rings. The second kappa shape index (κ2) is 8.37. The molecule has 146 valence electrons. The molecule has 29 heavy (non-hydrogen) atoms. The van der Waals surface area contributed by atoms with Crippen LogP contribution in [0, 0.1) is 6.92 Å². The molecule has 0 saturated carbocycles. The highest BCUT2D eigenvalue weighted by molar-refractivity contribution is 6.34. The van der Waals surface area contributed by atoms with Crippen molar-refractivity contribution in [2.45, 2.75) is 13.5 Å². The summed E-state index contributed by atoms with van der Waals surface area (Å²) in [4.78, 5) is 17.3. The Morgan fingerprint density at radius 2 is 1.86 bits per heavy atom. The molecule has 0 saturated heterocycles. The van der Waals surface area contributed by atoms with E-state index in [2.05, 4.69) is 10.3 Å². The van der Waals surface area contributed by atoms with Gasteiger partial charge in [0.25, 0.3) is 5.91 Å². The lowest BCUT2D eigenvalue weighted by atomic mass is 10.2. The first kappa shape index (κ1) is 19.0. The van der Waals surface area contributed by atoms with E-state index in [0.29, 0.717) is 29.7 Å². The Morgan fingerprint density at radius 3 is 2.69 bits per heavy atom. The van der Waals surface area contributed by atoms with Gasteiger partial charge in [-0.25, -0.2) is 4.98 Å². The molecule has 3 aromatic carbocycles. The molecule has 5 nitrogen and oxygen atoms in total. The van der Waals surface area contributed by atoms with Crippen molar-refractivity contribution < 1.29 is 9.53 Å². The molecule has 1 heterocycles. The molecule has 0 fully saturated rings. The van der Waals surface area contributed by atoms with E-state index in [1.807, 2.05) is 60.0 Å². The fourth-order valence-corrected chi connectivity index (χ4v) is 3.39. The zero-order valence-corrected chi connectivity index (χ0v) is 16.7. The number of carbonyl (C=O) groups is 1. The minimum atomic E-state index is -0.299. The maximum Gasteiger partial charge on any atom is 0.259 e. The summed E-state index contributed by atoms with van der Waals surface area (Å²) in [6, 6.07) is 22.6. The lowest BCUT2D eigenvalue weighted by Crippen LogP contribution is -2.18. The van der Waals surface area contributed by atoms with Crippen LogP contribution in [0.3, 0.4) is 0 Å². The predicted octanol–water partition coefficient (Wildman–Crippen LogP) is 5.33. The van der Waals surface area contributed by atoms with Crippen LogP contribution in [-0.4, -0.2) is 22.1 Å². The van der Waals surface area contributed by atoms with Gasteiger partial charge in [-0.3, -0.25) is 10.1 Å². The van der Waals surface area contributed by atoms with Crippen molar-refractivity contribution in [2.24, 2.45) is 0 Å². The van der Waals surface area contributed by atoms with Gasteiger partial charge in [-0.15, -0.1) is 0 Å². The summed E-state index contributed by atoms with van der Waals surface area (Å²) in [5, 5.41) is 3.29. The van der Waals surface area contributed by atoms with Gasteiger partial charge in [0.1, 0.15) is 12.4 Å². The van der Waals surface area contributed by atoms with Gasteiger partial charge in [0.2, 0.25) is 5.95 Å². The number of halogens is 1. The van der Waals surface area contributed by atoms with Gasteiger partial charge in [-0.2, -0.15) is 0 Å². The number of rotatable bonds is 6. The molecular weight excluding hydrogens is 386 g/mol. The first-order valence-electron chi connectivity index (χ1n) is 9.32. The van der Waals surface area contributed by atoms with E-state index < -0.39 is 0 Å². The van der Waals surface area contributed by atoms with Gasteiger partial charge in [0, 0.05) is 0 Å². The highest BCUT2D eigenvalue weighted by atomic mass is 35.5. The monoisotopic (exact) mass is 405 g/mol. The fourth-order valence-electron chi connectivity index (χ4n) is 3.17. The Kier molecular flexibility index (Phi) is 5.49. The van der Waals surface area contributed by atoms with E-state index in [-0.39, 0.29) is 5.91 Å². The molecule has 1 amide bonds. The number of benzene rings is 3. The van der Waals surface area contributed by atoms with E-state index in [0.717, 1.165) is 22.3 Å². The third-order valence-electron chi connectivity index (χ3n) is 4.57. The molecule has 0 radical (unpaired) electrons. The smallest absolute Gasteiger partial charge is 0.259 e. The Balaban J connectivity index is 1.57. The van der Waals surface area contributed by atoms with E-state index in [1.165, 1.54) is 0 Å². The van der Waals surface area contributed by atoms with E-state index >= 15 is 0 Å². The largest absolute Gasteiger partial charge is 0.492 e. The number of ether oxygens (including phenoxy) is 1. The Morgan fingerprint density at radius 1 is 1.07 bits per heavy atom. The summed E-state index contributed by atoms with van der Waals surface area (Å²) < 4.78 is 7.83. The average Bonchev–Trinajstić information content (AvgIpc) is 3.05. The van der Waals surface area contributed by atoms with Crippen LogP contribution in [0.1, 0.15) is 15.9 Å². The highest BCUT2D eigenvalue weighted by Gasteiger charge is 2.16. The molecule has 0 atom stereocenters. The van der Waals surface area contributed by atoms with Crippen molar-refractivity contribution in [2.75, 3.05) is 11.9 Å². The van der Waals surface area contributed by atoms with Crippen molar-refractivity contribution >= 4 is 34.5 Å². The van der Waals surface area contributed by atoms with E-state index in [9.17, 15) is 4.79 Å². The van der Waals surface area contributed by atoms with Crippen molar-refractivity contribution in [3.8, 4) is 5.75 Å². The molecular formula is C23H20ClN3O2. The molecule has 0 aliphatic rings. The van der Waals surface area contributed by atoms with Crippen LogP contribution < -0.4 is 10.1 Å². The summed E-state index contributed by atoms with van der Waals surface area (Å²) in [6.07, 6.45) is 0. The summed E-state index contributed by atoms with van der Waals surface area (Å²) >= 11 is 6.16. The number of hydrogen-bond donors (Lipinski definition) is 1. The second-order valence-electron chi connectivity index (χ2n) is 6.67. The Hall–Kier alpha value is -3.31. The van der Waals surface area contributed by atoms with Gasteiger partial charge in [0.15, 0.2) is 0 Å². The SMILES string of the molecule is Cc1cccc(OCCn2c(NC(=O)c3ccccc3Cl)nc3ccccc32)c1. The first-order chi connectivity index (χ1) is 14.1. The number of amides is 1. The summed E-state index contributed by atoms with van der Waals surface area (Å²) in [7, 11) is 0. The quantitative estimate of drug-likeness (QED) is 0.471. The third-order valence-corrected chi connectivity index (χ3v) is 4.90. The number of aryl methyl sites for hydroxylation is 1. The van der Waals surface area contributed by atoms with Crippen molar-refractivity contribution in [3.05, 3.63) is 88.9 Å². The summed E-state index contributed by atoms with van der Waals surface area (Å²) in [5.41, 5.74) is 3.28. The molecule has 0 aliphatic heterocycles. The number of hydrogen-bond acceptors (Lipinski definition) is 3. The van der Waals surface area contributed by atoms with Crippen LogP contribution in [0.15, 0.2) is 72.8 Å². The van der Waals surface area contributed by atoms with Gasteiger partial charge in [-0.05, 0) is 48.9 Å². The molecule has 0 spiro atoms. The molecule has 1 N–H and O–H groups in total. The van der Waals surface area contributed by atoms with Gasteiger partial charge >= 0.3 is 0 Å². The van der Waals surface area contributed by atoms with Crippen LogP contribution in [0.25, 0.3) is 11.0 Å². The second-order valence-corrected chi connectivity index (χ2v) is 7.08. The number of nitrogens with one attached hydrogen (secondary N) is 1. The molecule has 1 aromatic heterocycles. The number of para-hydroxylation sites is 2. The van der Waals surface area contributed by atoms with Crippen molar-refractivity contribution in [3.63, 3.8) is 0 Å². The van der Waals surface area contributed by atoms with Crippen LogP contribution in [0.2, 0.25) is 5.02 Å². The fraction of sp³-hybridized carbons (Fsp3) is 0.130. The predicted molar refractivity (Wildman–Crippen MR) is 116 cm³/mol. The van der Waals surface area contributed by atoms with Gasteiger partial charge in [-0.1, -0.05) is 48.0 Å². The zero-order valence-electron chi connectivity index (χ0n) is 15.9. The minimum Gasteiger partial charge on any atom is -0.492 e. The minimum absolute atomic E-state index is 0.299. The lowest BCUT2D eigenvalue weighted by molar-refractivity contribution is 0.102. The molecule has 0 bridgehead atoms. The number of imidazole rings is 1. The highest BCUT2D eigenvalue weighted by Crippen LogP contribution is 2.22. The van der Waals surface area contributed by atoms with Crippen molar-refractivity contribution in [1.29, 1.82) is 0 Å². The number of fused-ring (bicyclic) bond motifs is 1. The molecule has 4 rings (SSSR count). The standard InChI is InChI=1S/C23H20ClN3O2/c1-16-7-6-8-17(15-16)29-14-13-27-21-12-5-4-11-20(21)25-23(27)26-22(28)18-9-2-3-10-19(18)24/h2-12,15H,13-14H2,1H3,(H,25,26,28). The Bertz CT molecular complexity index is 1170. The van der Waals surface area contributed by atoms with Crippen molar-refractivity contribution in [1.82, 2.24) is 9.55 Å². The number of aromatic nitrogens is 2. The van der Waals surface area contributed by atoms with Crippen LogP contribution in [0.5, 0.6) is 5.75 Å². The summed E-state index contributed by atoms with van der Waals surface area (Å²) in [6.45, 7) is 3.00. The van der Waals surface area contributed by atoms with Crippen LogP contribution in [0.4, 0.5) is 5.95 Å². The number of anilines is 1. The normalized spacial score (nSPS) is 10.8. The Labute approximate surface area is 173 Å². The van der Waals surface area contributed by atoms with Gasteiger partial charge in [0.05, 0.1) is 28.2 Å². The zero-order chi connectivity index (χ0) is 20.2. The van der Waals surface area contributed by atoms with Gasteiger partial charge < -0.3 is 9.30 Å². The number of nitrogens with zero attached hydrogens (tertiary/aromatic N) is 2. The average molecular weight is 406 g/mol. The van der Waals surface area contributed by atoms with Crippen LogP contribution >= 0.6 is 11.6 Å².